The first kappa shape index (κ1) is 25.5. The minimum Gasteiger partial charge on any atom is -0.356 e. The average molecular weight is 514 g/mol. The summed E-state index contributed by atoms with van der Waals surface area (Å²) in [5, 5.41) is 20.0. The van der Waals surface area contributed by atoms with Crippen LogP contribution in [0.25, 0.3) is 5.00 Å². The Hall–Kier alpha value is -2.59. The fourth-order valence-electron chi connectivity index (χ4n) is 4.16. The van der Waals surface area contributed by atoms with Crippen molar-refractivity contribution in [2.75, 3.05) is 33.2 Å². The van der Waals surface area contributed by atoms with E-state index in [1.165, 1.54) is 10.4 Å². The van der Waals surface area contributed by atoms with Gasteiger partial charge in [-0.1, -0.05) is 23.7 Å². The molecule has 0 spiro atoms. The van der Waals surface area contributed by atoms with Crippen molar-refractivity contribution in [1.82, 2.24) is 30.7 Å². The van der Waals surface area contributed by atoms with E-state index in [-0.39, 0.29) is 12.3 Å². The monoisotopic (exact) mass is 513 g/mol. The number of thiophene rings is 1. The minimum absolute atomic E-state index is 0.0465. The molecule has 0 saturated heterocycles. The lowest BCUT2D eigenvalue weighted by molar-refractivity contribution is -0.121. The van der Waals surface area contributed by atoms with Crippen molar-refractivity contribution in [3.05, 3.63) is 62.5 Å². The zero-order valence-corrected chi connectivity index (χ0v) is 22.2. The van der Waals surface area contributed by atoms with Gasteiger partial charge in [-0.3, -0.25) is 14.4 Å². The smallest absolute Gasteiger partial charge is 0.222 e. The van der Waals surface area contributed by atoms with Gasteiger partial charge in [-0.2, -0.15) is 0 Å². The number of rotatable bonds is 10. The van der Waals surface area contributed by atoms with Crippen molar-refractivity contribution in [2.45, 2.75) is 39.7 Å². The summed E-state index contributed by atoms with van der Waals surface area (Å²) in [4.78, 5) is 19.3. The second-order valence-corrected chi connectivity index (χ2v) is 10.3. The number of nitrogens with one attached hydrogen (secondary N) is 3. The highest BCUT2D eigenvalue weighted by molar-refractivity contribution is 7.15. The van der Waals surface area contributed by atoms with Crippen LogP contribution in [-0.2, 0) is 4.79 Å². The molecule has 3 heterocycles. The Morgan fingerprint density at radius 3 is 2.60 bits per heavy atom. The molecule has 3 N–H and O–H groups in total. The van der Waals surface area contributed by atoms with Gasteiger partial charge >= 0.3 is 0 Å². The summed E-state index contributed by atoms with van der Waals surface area (Å²) < 4.78 is 2.07. The van der Waals surface area contributed by atoms with Crippen LogP contribution in [0.1, 0.15) is 52.1 Å². The number of hydrogen-bond acceptors (Lipinski definition) is 7. The molecule has 0 radical (unpaired) electrons. The molecule has 0 fully saturated rings. The standard InChI is InChI=1S/C25H32ClN7OS/c1-15-16(2)35-25-22(15)23(18-6-8-19(26)9-7-18)30-20(24-32-31-17(3)33(24)25)14-21(34)29-11-5-10-28-13-12-27-4/h6-9,20,27-28H,5,10-14H2,1-4H3,(H,29,34). The van der Waals surface area contributed by atoms with E-state index in [9.17, 15) is 4.79 Å². The highest BCUT2D eigenvalue weighted by atomic mass is 35.5. The molecule has 4 rings (SSSR count). The molecule has 0 bridgehead atoms. The molecule has 35 heavy (non-hydrogen) atoms. The van der Waals surface area contributed by atoms with Crippen molar-refractivity contribution in [2.24, 2.45) is 4.99 Å². The largest absolute Gasteiger partial charge is 0.356 e. The molecule has 1 atom stereocenters. The topological polar surface area (TPSA) is 96.2 Å². The van der Waals surface area contributed by atoms with Crippen LogP contribution >= 0.6 is 22.9 Å². The zero-order chi connectivity index (χ0) is 24.9. The molecule has 1 unspecified atom stereocenters. The fourth-order valence-corrected chi connectivity index (χ4v) is 5.50. The number of aryl methyl sites for hydroxylation is 2. The Morgan fingerprint density at radius 1 is 1.09 bits per heavy atom. The SMILES string of the molecule is CNCCNCCCNC(=O)CC1N=C(c2ccc(Cl)cc2)c2c(sc(C)c2C)-n2c(C)nnc21. The predicted octanol–water partition coefficient (Wildman–Crippen LogP) is 3.50. The van der Waals surface area contributed by atoms with Crippen molar-refractivity contribution < 1.29 is 4.79 Å². The molecular weight excluding hydrogens is 482 g/mol. The van der Waals surface area contributed by atoms with E-state index >= 15 is 0 Å². The molecule has 1 aromatic carbocycles. The predicted molar refractivity (Wildman–Crippen MR) is 142 cm³/mol. The lowest BCUT2D eigenvalue weighted by Crippen LogP contribution is -2.30. The summed E-state index contributed by atoms with van der Waals surface area (Å²) >= 11 is 7.87. The molecule has 1 amide bonds. The Balaban J connectivity index is 1.62. The lowest BCUT2D eigenvalue weighted by atomic mass is 9.99. The van der Waals surface area contributed by atoms with E-state index in [1.54, 1.807) is 11.3 Å². The van der Waals surface area contributed by atoms with Gasteiger partial charge in [-0.15, -0.1) is 21.5 Å². The van der Waals surface area contributed by atoms with Gasteiger partial charge in [0, 0.05) is 40.7 Å². The molecule has 3 aromatic rings. The molecular formula is C25H32ClN7OS. The number of aromatic nitrogens is 3. The third-order valence-electron chi connectivity index (χ3n) is 6.14. The van der Waals surface area contributed by atoms with Crippen LogP contribution in [0.4, 0.5) is 0 Å². The second kappa shape index (κ2) is 11.4. The minimum atomic E-state index is -0.449. The summed E-state index contributed by atoms with van der Waals surface area (Å²) in [6.45, 7) is 9.48. The zero-order valence-electron chi connectivity index (χ0n) is 20.6. The Labute approximate surface area is 215 Å². The Morgan fingerprint density at radius 2 is 1.86 bits per heavy atom. The number of benzene rings is 1. The van der Waals surface area contributed by atoms with E-state index in [4.69, 9.17) is 16.6 Å². The summed E-state index contributed by atoms with van der Waals surface area (Å²) in [6, 6.07) is 7.26. The maximum absolute atomic E-state index is 12.9. The molecule has 0 saturated carbocycles. The number of hydrogen-bond donors (Lipinski definition) is 3. The number of aliphatic imine (C=N–C) groups is 1. The number of likely N-dealkylation sites (N-methyl/N-ethyl adjacent to an activating group) is 1. The fraction of sp³-hybridized carbons (Fsp3) is 0.440. The highest BCUT2D eigenvalue weighted by Gasteiger charge is 2.32. The van der Waals surface area contributed by atoms with Gasteiger partial charge in [-0.25, -0.2) is 0 Å². The number of amides is 1. The van der Waals surface area contributed by atoms with Crippen LogP contribution in [0.3, 0.4) is 0 Å². The molecule has 2 aromatic heterocycles. The maximum atomic E-state index is 12.9. The molecule has 186 valence electrons. The first-order chi connectivity index (χ1) is 16.9. The highest BCUT2D eigenvalue weighted by Crippen LogP contribution is 2.39. The quantitative estimate of drug-likeness (QED) is 0.360. The van der Waals surface area contributed by atoms with Crippen molar-refractivity contribution in [3.8, 4) is 5.00 Å². The number of halogens is 1. The van der Waals surface area contributed by atoms with Crippen LogP contribution in [0.15, 0.2) is 29.3 Å². The third-order valence-corrected chi connectivity index (χ3v) is 7.58. The molecule has 8 nitrogen and oxygen atoms in total. The van der Waals surface area contributed by atoms with Crippen LogP contribution in [0, 0.1) is 20.8 Å². The van der Waals surface area contributed by atoms with Crippen molar-refractivity contribution in [1.29, 1.82) is 0 Å². The van der Waals surface area contributed by atoms with Gasteiger partial charge in [0.1, 0.15) is 16.9 Å². The summed E-state index contributed by atoms with van der Waals surface area (Å²) in [6.07, 6.45) is 1.07. The summed E-state index contributed by atoms with van der Waals surface area (Å²) in [5.74, 6) is 1.43. The van der Waals surface area contributed by atoms with E-state index in [0.29, 0.717) is 17.4 Å². The summed E-state index contributed by atoms with van der Waals surface area (Å²) in [5.41, 5.74) is 4.06. The molecule has 1 aliphatic rings. The van der Waals surface area contributed by atoms with Crippen molar-refractivity contribution in [3.63, 3.8) is 0 Å². The summed E-state index contributed by atoms with van der Waals surface area (Å²) in [7, 11) is 1.93. The van der Waals surface area contributed by atoms with Crippen LogP contribution in [0.5, 0.6) is 0 Å². The van der Waals surface area contributed by atoms with Gasteiger partial charge in [0.05, 0.1) is 12.1 Å². The Kier molecular flexibility index (Phi) is 8.33. The normalized spacial score (nSPS) is 14.8. The van der Waals surface area contributed by atoms with Crippen molar-refractivity contribution >= 4 is 34.6 Å². The van der Waals surface area contributed by atoms with Gasteiger partial charge in [0.25, 0.3) is 0 Å². The average Bonchev–Trinajstić information content (AvgIpc) is 3.31. The molecule has 0 aliphatic carbocycles. The van der Waals surface area contributed by atoms with Crippen LogP contribution in [0.2, 0.25) is 5.02 Å². The Bertz CT molecular complexity index is 1220. The number of nitrogens with zero attached hydrogens (tertiary/aromatic N) is 4. The lowest BCUT2D eigenvalue weighted by Gasteiger charge is -2.13. The molecule has 1 aliphatic heterocycles. The number of carbonyl (C=O) groups excluding carboxylic acids is 1. The maximum Gasteiger partial charge on any atom is 0.222 e. The van der Waals surface area contributed by atoms with Gasteiger partial charge in [0.2, 0.25) is 5.91 Å². The van der Waals surface area contributed by atoms with E-state index in [1.807, 2.05) is 38.2 Å². The first-order valence-electron chi connectivity index (χ1n) is 11.9. The first-order valence-corrected chi connectivity index (χ1v) is 13.1. The van der Waals surface area contributed by atoms with Gasteiger partial charge in [-0.05, 0) is 58.5 Å². The number of carbonyl (C=O) groups is 1. The van der Waals surface area contributed by atoms with Crippen LogP contribution < -0.4 is 16.0 Å². The van der Waals surface area contributed by atoms with Gasteiger partial charge in [0.15, 0.2) is 5.82 Å². The number of fused-ring (bicyclic) bond motifs is 3. The third kappa shape index (κ3) is 5.64. The molecule has 10 heteroatoms. The van der Waals surface area contributed by atoms with E-state index in [2.05, 4.69) is 44.6 Å². The van der Waals surface area contributed by atoms with Gasteiger partial charge < -0.3 is 16.0 Å². The van der Waals surface area contributed by atoms with E-state index < -0.39 is 6.04 Å². The van der Waals surface area contributed by atoms with E-state index in [0.717, 1.165) is 53.7 Å². The van der Waals surface area contributed by atoms with Crippen LogP contribution in [-0.4, -0.2) is 59.6 Å². The second-order valence-electron chi connectivity index (χ2n) is 8.67.